The third kappa shape index (κ3) is 4.36. The molecule has 0 radical (unpaired) electrons. The molecule has 1 atom stereocenters. The Labute approximate surface area is 132 Å². The minimum atomic E-state index is -3.52. The molecule has 1 aliphatic rings. The average molecular weight is 331 g/mol. The molecule has 0 spiro atoms. The van der Waals surface area contributed by atoms with Gasteiger partial charge >= 0.3 is 0 Å². The molecule has 1 N–H and O–H groups in total. The smallest absolute Gasteiger partial charge is 0.257 e. The SMILES string of the molecule is CCOc1nn(C)cc1NS(=O)(=O)CC(OC)C1CCCC1. The maximum Gasteiger partial charge on any atom is 0.257 e. The first-order valence-electron chi connectivity index (χ1n) is 7.65. The lowest BCUT2D eigenvalue weighted by atomic mass is 10.0. The molecule has 0 amide bonds. The number of hydrogen-bond acceptors (Lipinski definition) is 5. The van der Waals surface area contributed by atoms with Crippen molar-refractivity contribution in [2.24, 2.45) is 13.0 Å². The Morgan fingerprint density at radius 3 is 2.73 bits per heavy atom. The van der Waals surface area contributed by atoms with E-state index < -0.39 is 10.0 Å². The number of anilines is 1. The Bertz CT molecular complexity index is 579. The van der Waals surface area contributed by atoms with Crippen LogP contribution in [-0.2, 0) is 21.8 Å². The summed E-state index contributed by atoms with van der Waals surface area (Å²) >= 11 is 0. The van der Waals surface area contributed by atoms with Crippen LogP contribution >= 0.6 is 0 Å². The van der Waals surface area contributed by atoms with Gasteiger partial charge in [0.05, 0.1) is 24.7 Å². The van der Waals surface area contributed by atoms with Gasteiger partial charge < -0.3 is 9.47 Å². The molecule has 22 heavy (non-hydrogen) atoms. The quantitative estimate of drug-likeness (QED) is 0.785. The zero-order valence-corrected chi connectivity index (χ0v) is 14.2. The van der Waals surface area contributed by atoms with Gasteiger partial charge in [0.2, 0.25) is 10.0 Å². The minimum Gasteiger partial charge on any atom is -0.475 e. The number of nitrogens with one attached hydrogen (secondary N) is 1. The van der Waals surface area contributed by atoms with Crippen LogP contribution in [0, 0.1) is 5.92 Å². The average Bonchev–Trinajstić information content (AvgIpc) is 3.07. The van der Waals surface area contributed by atoms with Crippen LogP contribution in [0.15, 0.2) is 6.20 Å². The van der Waals surface area contributed by atoms with Crippen LogP contribution in [0.2, 0.25) is 0 Å². The minimum absolute atomic E-state index is 0.0470. The lowest BCUT2D eigenvalue weighted by Gasteiger charge is -2.22. The summed E-state index contributed by atoms with van der Waals surface area (Å²) in [7, 11) is -0.223. The number of ether oxygens (including phenoxy) is 2. The summed E-state index contributed by atoms with van der Waals surface area (Å²) in [6.45, 7) is 2.25. The highest BCUT2D eigenvalue weighted by Gasteiger charge is 2.30. The Morgan fingerprint density at radius 2 is 2.14 bits per heavy atom. The van der Waals surface area contributed by atoms with Gasteiger partial charge in [0.1, 0.15) is 5.69 Å². The lowest BCUT2D eigenvalue weighted by molar-refractivity contribution is 0.0718. The summed E-state index contributed by atoms with van der Waals surface area (Å²) in [6.07, 6.45) is 5.69. The second-order valence-electron chi connectivity index (χ2n) is 5.66. The van der Waals surface area contributed by atoms with E-state index in [9.17, 15) is 8.42 Å². The van der Waals surface area contributed by atoms with E-state index in [-0.39, 0.29) is 11.9 Å². The van der Waals surface area contributed by atoms with E-state index in [1.165, 1.54) is 4.68 Å². The van der Waals surface area contributed by atoms with Gasteiger partial charge in [0.25, 0.3) is 5.88 Å². The summed E-state index contributed by atoms with van der Waals surface area (Å²) < 4.78 is 39.7. The van der Waals surface area contributed by atoms with Gasteiger partial charge in [-0.2, -0.15) is 0 Å². The summed E-state index contributed by atoms with van der Waals surface area (Å²) in [4.78, 5) is 0. The van der Waals surface area contributed by atoms with Crippen LogP contribution in [0.3, 0.4) is 0 Å². The van der Waals surface area contributed by atoms with Gasteiger partial charge in [0.15, 0.2) is 0 Å². The molecule has 0 aromatic carbocycles. The lowest BCUT2D eigenvalue weighted by Crippen LogP contribution is -2.32. The topological polar surface area (TPSA) is 82.5 Å². The Balaban J connectivity index is 2.06. The first kappa shape index (κ1) is 17.1. The molecular formula is C14H25N3O4S. The van der Waals surface area contributed by atoms with E-state index in [1.54, 1.807) is 20.4 Å². The van der Waals surface area contributed by atoms with Gasteiger partial charge in [-0.25, -0.2) is 8.42 Å². The van der Waals surface area contributed by atoms with Crippen molar-refractivity contribution in [1.29, 1.82) is 0 Å². The molecule has 8 heteroatoms. The van der Waals surface area contributed by atoms with E-state index >= 15 is 0 Å². The molecule has 1 aromatic rings. The third-order valence-electron chi connectivity index (χ3n) is 3.95. The maximum atomic E-state index is 12.4. The molecule has 0 bridgehead atoms. The largest absolute Gasteiger partial charge is 0.475 e. The van der Waals surface area contributed by atoms with Gasteiger partial charge in [-0.15, -0.1) is 5.10 Å². The number of aryl methyl sites for hydroxylation is 1. The number of nitrogens with zero attached hydrogens (tertiary/aromatic N) is 2. The second-order valence-corrected chi connectivity index (χ2v) is 7.42. The van der Waals surface area contributed by atoms with Crippen LogP contribution in [0.4, 0.5) is 5.69 Å². The number of sulfonamides is 1. The van der Waals surface area contributed by atoms with Crippen molar-refractivity contribution in [3.05, 3.63) is 6.20 Å². The number of aromatic nitrogens is 2. The van der Waals surface area contributed by atoms with Crippen LogP contribution in [0.1, 0.15) is 32.6 Å². The van der Waals surface area contributed by atoms with Gasteiger partial charge in [-0.1, -0.05) is 12.8 Å². The van der Waals surface area contributed by atoms with Crippen molar-refractivity contribution < 1.29 is 17.9 Å². The van der Waals surface area contributed by atoms with Gasteiger partial charge in [-0.3, -0.25) is 9.40 Å². The summed E-state index contributed by atoms with van der Waals surface area (Å²) in [6, 6.07) is 0. The molecule has 1 heterocycles. The van der Waals surface area contributed by atoms with Crippen LogP contribution < -0.4 is 9.46 Å². The van der Waals surface area contributed by atoms with E-state index in [0.29, 0.717) is 24.1 Å². The fourth-order valence-corrected chi connectivity index (χ4v) is 4.33. The summed E-state index contributed by atoms with van der Waals surface area (Å²) in [5.41, 5.74) is 0.366. The first-order valence-corrected chi connectivity index (χ1v) is 9.30. The van der Waals surface area contributed by atoms with Crippen LogP contribution in [0.5, 0.6) is 5.88 Å². The normalized spacial score (nSPS) is 17.6. The maximum absolute atomic E-state index is 12.4. The Hall–Kier alpha value is -1.28. The number of rotatable bonds is 8. The highest BCUT2D eigenvalue weighted by atomic mass is 32.2. The number of hydrogen-bond donors (Lipinski definition) is 1. The zero-order chi connectivity index (χ0) is 16.2. The second kappa shape index (κ2) is 7.32. The highest BCUT2D eigenvalue weighted by Crippen LogP contribution is 2.30. The fourth-order valence-electron chi connectivity index (χ4n) is 2.93. The molecule has 1 unspecified atom stereocenters. The van der Waals surface area contributed by atoms with Crippen molar-refractivity contribution in [2.45, 2.75) is 38.7 Å². The van der Waals surface area contributed by atoms with Crippen molar-refractivity contribution in [3.8, 4) is 5.88 Å². The number of methoxy groups -OCH3 is 1. The van der Waals surface area contributed by atoms with Gasteiger partial charge in [-0.05, 0) is 25.7 Å². The van der Waals surface area contributed by atoms with E-state index in [0.717, 1.165) is 25.7 Å². The molecule has 0 aliphatic heterocycles. The summed E-state index contributed by atoms with van der Waals surface area (Å²) in [5, 5.41) is 4.10. The predicted octanol–water partition coefficient (Wildman–Crippen LogP) is 1.77. The third-order valence-corrected chi connectivity index (χ3v) is 5.25. The fraction of sp³-hybridized carbons (Fsp3) is 0.786. The van der Waals surface area contributed by atoms with Crippen LogP contribution in [-0.4, -0.2) is 43.8 Å². The Morgan fingerprint density at radius 1 is 1.45 bits per heavy atom. The molecule has 2 rings (SSSR count). The van der Waals surface area contributed by atoms with E-state index in [1.807, 2.05) is 6.92 Å². The van der Waals surface area contributed by atoms with Crippen molar-refractivity contribution in [2.75, 3.05) is 24.2 Å². The highest BCUT2D eigenvalue weighted by molar-refractivity contribution is 7.92. The molecule has 1 aromatic heterocycles. The van der Waals surface area contributed by atoms with Crippen molar-refractivity contribution >= 4 is 15.7 Å². The molecule has 1 aliphatic carbocycles. The predicted molar refractivity (Wildman–Crippen MR) is 84.5 cm³/mol. The Kier molecular flexibility index (Phi) is 5.69. The summed E-state index contributed by atoms with van der Waals surface area (Å²) in [5.74, 6) is 0.569. The van der Waals surface area contributed by atoms with Crippen molar-refractivity contribution in [1.82, 2.24) is 9.78 Å². The van der Waals surface area contributed by atoms with E-state index in [4.69, 9.17) is 9.47 Å². The van der Waals surface area contributed by atoms with Crippen molar-refractivity contribution in [3.63, 3.8) is 0 Å². The molecule has 0 saturated heterocycles. The molecule has 1 fully saturated rings. The molecule has 126 valence electrons. The monoisotopic (exact) mass is 331 g/mol. The zero-order valence-electron chi connectivity index (χ0n) is 13.4. The van der Waals surface area contributed by atoms with Gasteiger partial charge in [0, 0.05) is 14.2 Å². The van der Waals surface area contributed by atoms with Crippen LogP contribution in [0.25, 0.3) is 0 Å². The first-order chi connectivity index (χ1) is 10.4. The van der Waals surface area contributed by atoms with E-state index in [2.05, 4.69) is 9.82 Å². The molecule has 1 saturated carbocycles. The molecular weight excluding hydrogens is 306 g/mol. The standard InChI is InChI=1S/C14H25N3O4S/c1-4-21-14-12(9-17(2)15-14)16-22(18,19)10-13(20-3)11-7-5-6-8-11/h9,11,13,16H,4-8,10H2,1-3H3. The molecule has 7 nitrogen and oxygen atoms in total.